The van der Waals surface area contributed by atoms with Crippen molar-refractivity contribution in [2.24, 2.45) is 11.8 Å². The number of hydrogen-bond acceptors (Lipinski definition) is 4. The average molecular weight is 399 g/mol. The van der Waals surface area contributed by atoms with Gasteiger partial charge in [-0.1, -0.05) is 6.07 Å². The number of rotatable bonds is 5. The Bertz CT molecular complexity index is 769. The predicted octanol–water partition coefficient (Wildman–Crippen LogP) is 1.38. The van der Waals surface area contributed by atoms with Gasteiger partial charge in [-0.05, 0) is 49.7 Å². The molecule has 0 aromatic carbocycles. The molecule has 0 unspecified atom stereocenters. The molecule has 1 aromatic heterocycles. The molecule has 7 nitrogen and oxygen atoms in total. The van der Waals surface area contributed by atoms with Crippen molar-refractivity contribution < 1.29 is 14.4 Å². The molecule has 3 fully saturated rings. The molecular formula is C22H30N4O3. The van der Waals surface area contributed by atoms with Crippen molar-refractivity contribution in [3.8, 4) is 0 Å². The van der Waals surface area contributed by atoms with Crippen LogP contribution in [-0.2, 0) is 20.8 Å². The minimum atomic E-state index is -0.0766. The van der Waals surface area contributed by atoms with Gasteiger partial charge < -0.3 is 15.1 Å². The molecular weight excluding hydrogens is 368 g/mol. The lowest BCUT2D eigenvalue weighted by atomic mass is 9.72. The molecule has 3 amide bonds. The third-order valence-corrected chi connectivity index (χ3v) is 6.73. The van der Waals surface area contributed by atoms with Gasteiger partial charge in [0.1, 0.15) is 0 Å². The third-order valence-electron chi connectivity index (χ3n) is 6.73. The predicted molar refractivity (Wildman–Crippen MR) is 108 cm³/mol. The highest BCUT2D eigenvalue weighted by Crippen LogP contribution is 2.41. The van der Waals surface area contributed by atoms with Crippen molar-refractivity contribution in [3.63, 3.8) is 0 Å². The molecule has 1 aromatic rings. The summed E-state index contributed by atoms with van der Waals surface area (Å²) in [5.41, 5.74) is 0.936. The first kappa shape index (κ1) is 19.9. The summed E-state index contributed by atoms with van der Waals surface area (Å²) in [6.07, 6.45) is 6.40. The summed E-state index contributed by atoms with van der Waals surface area (Å²) < 4.78 is 0. The van der Waals surface area contributed by atoms with Crippen LogP contribution < -0.4 is 5.32 Å². The second-order valence-corrected chi connectivity index (χ2v) is 8.64. The molecule has 3 aliphatic heterocycles. The van der Waals surface area contributed by atoms with Gasteiger partial charge in [-0.3, -0.25) is 19.4 Å². The lowest BCUT2D eigenvalue weighted by Crippen LogP contribution is -2.67. The molecule has 0 aliphatic carbocycles. The van der Waals surface area contributed by atoms with E-state index in [1.165, 1.54) is 6.92 Å². The van der Waals surface area contributed by atoms with Crippen molar-refractivity contribution in [3.05, 3.63) is 30.1 Å². The summed E-state index contributed by atoms with van der Waals surface area (Å²) in [6.45, 7) is 3.39. The number of fused-ring (bicyclic) bond motifs is 4. The average Bonchev–Trinajstić information content (AvgIpc) is 2.73. The minimum absolute atomic E-state index is 0.0145. The maximum absolute atomic E-state index is 12.9. The van der Waals surface area contributed by atoms with Crippen LogP contribution >= 0.6 is 0 Å². The van der Waals surface area contributed by atoms with E-state index in [4.69, 9.17) is 0 Å². The highest BCUT2D eigenvalue weighted by atomic mass is 16.2. The van der Waals surface area contributed by atoms with Crippen LogP contribution in [0.1, 0.15) is 44.7 Å². The fourth-order valence-corrected chi connectivity index (χ4v) is 5.43. The fourth-order valence-electron chi connectivity index (χ4n) is 5.43. The smallest absolute Gasteiger partial charge is 0.223 e. The quantitative estimate of drug-likeness (QED) is 0.812. The van der Waals surface area contributed by atoms with Crippen LogP contribution in [0.4, 0.5) is 0 Å². The third kappa shape index (κ3) is 4.28. The van der Waals surface area contributed by atoms with Crippen LogP contribution in [0.2, 0.25) is 0 Å². The zero-order valence-electron chi connectivity index (χ0n) is 17.0. The van der Waals surface area contributed by atoms with Crippen molar-refractivity contribution in [2.45, 2.75) is 57.5 Å². The maximum Gasteiger partial charge on any atom is 0.223 e. The normalized spacial score (nSPS) is 28.7. The number of pyridine rings is 1. The molecule has 1 N–H and O–H groups in total. The number of likely N-dealkylation sites (tertiary alicyclic amines) is 1. The van der Waals surface area contributed by atoms with Gasteiger partial charge in [0, 0.05) is 57.3 Å². The fraction of sp³-hybridized carbons (Fsp3) is 0.636. The summed E-state index contributed by atoms with van der Waals surface area (Å²) >= 11 is 0. The van der Waals surface area contributed by atoms with E-state index in [2.05, 4.69) is 15.2 Å². The van der Waals surface area contributed by atoms with Gasteiger partial charge in [0.25, 0.3) is 0 Å². The second kappa shape index (κ2) is 8.51. The Labute approximate surface area is 171 Å². The second-order valence-electron chi connectivity index (χ2n) is 8.64. The number of carbonyl (C=O) groups excluding carboxylic acids is 3. The van der Waals surface area contributed by atoms with Crippen LogP contribution in [0.3, 0.4) is 0 Å². The number of carbonyl (C=O) groups is 3. The van der Waals surface area contributed by atoms with E-state index in [0.29, 0.717) is 38.3 Å². The van der Waals surface area contributed by atoms with Gasteiger partial charge in [-0.15, -0.1) is 0 Å². The standard InChI is InChI=1S/C22H30N4O3/c1-15(27)24-12-20-17-11-16(19-6-4-7-22(29)26(19)20)13-25(14-17)21(28)9-8-18-5-2-3-10-23-18/h2-3,5,10,16-17,19-20H,4,6-9,11-14H2,1H3,(H,24,27)/t16-,17+,19+,20+/m1/s1. The van der Waals surface area contributed by atoms with Crippen molar-refractivity contribution in [1.29, 1.82) is 0 Å². The van der Waals surface area contributed by atoms with E-state index in [9.17, 15) is 14.4 Å². The molecule has 0 radical (unpaired) electrons. The summed E-state index contributed by atoms with van der Waals surface area (Å²) in [5.74, 6) is 0.857. The van der Waals surface area contributed by atoms with E-state index in [1.807, 2.05) is 23.1 Å². The molecule has 7 heteroatoms. The number of aromatic nitrogens is 1. The van der Waals surface area contributed by atoms with Gasteiger partial charge >= 0.3 is 0 Å². The zero-order valence-corrected chi connectivity index (χ0v) is 17.0. The molecule has 156 valence electrons. The first-order chi connectivity index (χ1) is 14.0. The van der Waals surface area contributed by atoms with Gasteiger partial charge in [-0.2, -0.15) is 0 Å². The summed E-state index contributed by atoms with van der Waals surface area (Å²) in [4.78, 5) is 45.5. The molecule has 29 heavy (non-hydrogen) atoms. The summed E-state index contributed by atoms with van der Waals surface area (Å²) in [6, 6.07) is 5.95. The molecule has 4 heterocycles. The Morgan fingerprint density at radius 3 is 2.83 bits per heavy atom. The Balaban J connectivity index is 1.46. The van der Waals surface area contributed by atoms with Crippen LogP contribution in [-0.4, -0.2) is 64.2 Å². The minimum Gasteiger partial charge on any atom is -0.354 e. The highest BCUT2D eigenvalue weighted by Gasteiger charge is 2.49. The van der Waals surface area contributed by atoms with Crippen LogP contribution in [0.15, 0.2) is 24.4 Å². The van der Waals surface area contributed by atoms with Gasteiger partial charge in [0.2, 0.25) is 17.7 Å². The summed E-state index contributed by atoms with van der Waals surface area (Å²) in [5, 5.41) is 2.92. The van der Waals surface area contributed by atoms with Crippen molar-refractivity contribution in [2.75, 3.05) is 19.6 Å². The van der Waals surface area contributed by atoms with E-state index < -0.39 is 0 Å². The summed E-state index contributed by atoms with van der Waals surface area (Å²) in [7, 11) is 0. The first-order valence-electron chi connectivity index (χ1n) is 10.8. The number of piperidine rings is 3. The lowest BCUT2D eigenvalue weighted by molar-refractivity contribution is -0.156. The van der Waals surface area contributed by atoms with E-state index in [1.54, 1.807) is 6.20 Å². The van der Waals surface area contributed by atoms with Gasteiger partial charge in [-0.25, -0.2) is 0 Å². The van der Waals surface area contributed by atoms with Crippen LogP contribution in [0.5, 0.6) is 0 Å². The number of amides is 3. The molecule has 0 spiro atoms. The van der Waals surface area contributed by atoms with Crippen molar-refractivity contribution in [1.82, 2.24) is 20.1 Å². The van der Waals surface area contributed by atoms with Crippen molar-refractivity contribution >= 4 is 17.7 Å². The highest BCUT2D eigenvalue weighted by molar-refractivity contribution is 5.79. The zero-order chi connectivity index (χ0) is 20.4. The molecule has 2 bridgehead atoms. The van der Waals surface area contributed by atoms with E-state index >= 15 is 0 Å². The molecule has 0 saturated carbocycles. The Kier molecular flexibility index (Phi) is 5.83. The first-order valence-corrected chi connectivity index (χ1v) is 10.8. The van der Waals surface area contributed by atoms with Gasteiger partial charge in [0.05, 0.1) is 6.04 Å². The van der Waals surface area contributed by atoms with Gasteiger partial charge in [0.15, 0.2) is 0 Å². The van der Waals surface area contributed by atoms with E-state index in [0.717, 1.165) is 31.5 Å². The topological polar surface area (TPSA) is 82.6 Å². The maximum atomic E-state index is 12.9. The van der Waals surface area contributed by atoms with Crippen LogP contribution in [0.25, 0.3) is 0 Å². The SMILES string of the molecule is CC(=O)NC[C@H]1[C@H]2C[C@H](CN(C(=O)CCc3ccccn3)C2)[C@@H]2CCCC(=O)N21. The Morgan fingerprint density at radius 1 is 1.24 bits per heavy atom. The molecule has 4 rings (SSSR count). The lowest BCUT2D eigenvalue weighted by Gasteiger charge is -2.56. The molecule has 3 saturated heterocycles. The Hall–Kier alpha value is -2.44. The number of hydrogen-bond donors (Lipinski definition) is 1. The number of nitrogens with one attached hydrogen (secondary N) is 1. The number of nitrogens with zero attached hydrogens (tertiary/aromatic N) is 3. The Morgan fingerprint density at radius 2 is 2.07 bits per heavy atom. The largest absolute Gasteiger partial charge is 0.354 e. The monoisotopic (exact) mass is 398 g/mol. The molecule has 4 atom stereocenters. The van der Waals surface area contributed by atoms with E-state index in [-0.39, 0.29) is 35.7 Å². The van der Waals surface area contributed by atoms with Crippen LogP contribution in [0, 0.1) is 11.8 Å². The molecule has 3 aliphatic rings. The number of aryl methyl sites for hydroxylation is 1.